The van der Waals surface area contributed by atoms with Crippen LogP contribution in [0.5, 0.6) is 5.75 Å². The van der Waals surface area contributed by atoms with Crippen LogP contribution in [0.4, 0.5) is 19.0 Å². The number of amides is 2. The largest absolute Gasteiger partial charge is 0.433 e. The number of carbonyl (C=O) groups is 2. The van der Waals surface area contributed by atoms with Gasteiger partial charge in [-0.05, 0) is 42.8 Å². The van der Waals surface area contributed by atoms with Gasteiger partial charge in [0.2, 0.25) is 11.8 Å². The molecule has 0 unspecified atom stereocenters. The smallest absolute Gasteiger partial charge is 0.394 e. The van der Waals surface area contributed by atoms with Gasteiger partial charge in [-0.2, -0.15) is 8.78 Å². The molecule has 2 heterocycles. The van der Waals surface area contributed by atoms with Crippen molar-refractivity contribution in [2.45, 2.75) is 26.4 Å². The minimum absolute atomic E-state index is 0.0512. The van der Waals surface area contributed by atoms with Crippen molar-refractivity contribution >= 4 is 17.6 Å². The first-order chi connectivity index (χ1) is 15.6. The second-order valence-electron chi connectivity index (χ2n) is 7.89. The highest BCUT2D eigenvalue weighted by molar-refractivity contribution is 5.97. The Bertz CT molecular complexity index is 1220. The molecule has 3 aromatic rings. The summed E-state index contributed by atoms with van der Waals surface area (Å²) in [5.41, 5.74) is 2.07. The zero-order valence-corrected chi connectivity index (χ0v) is 17.9. The van der Waals surface area contributed by atoms with Gasteiger partial charge >= 0.3 is 6.11 Å². The number of hydrogen-bond acceptors (Lipinski definition) is 4. The molecule has 2 N–H and O–H groups in total. The molecule has 1 saturated heterocycles. The number of nitrogens with one attached hydrogen (secondary N) is 2. The Hall–Kier alpha value is -3.82. The number of aryl methyl sites for hydroxylation is 1. The zero-order valence-electron chi connectivity index (χ0n) is 17.9. The van der Waals surface area contributed by atoms with Crippen LogP contribution in [0.3, 0.4) is 0 Å². The highest BCUT2D eigenvalue weighted by atomic mass is 19.3. The van der Waals surface area contributed by atoms with E-state index in [4.69, 9.17) is 0 Å². The topological polar surface area (TPSA) is 85.3 Å². The van der Waals surface area contributed by atoms with E-state index in [1.807, 2.05) is 0 Å². The van der Waals surface area contributed by atoms with Crippen LogP contribution in [-0.4, -0.2) is 34.2 Å². The van der Waals surface area contributed by atoms with Crippen LogP contribution in [-0.2, 0) is 9.59 Å². The molecule has 7 nitrogen and oxygen atoms in total. The Morgan fingerprint density at radius 1 is 1.24 bits per heavy atom. The molecule has 0 bridgehead atoms. The van der Waals surface area contributed by atoms with E-state index in [2.05, 4.69) is 20.5 Å². The number of nitrogens with zero attached hydrogens (tertiary/aromatic N) is 2. The van der Waals surface area contributed by atoms with Crippen LogP contribution >= 0.6 is 0 Å². The monoisotopic (exact) mass is 458 g/mol. The van der Waals surface area contributed by atoms with E-state index in [0.717, 1.165) is 0 Å². The quantitative estimate of drug-likeness (QED) is 0.584. The number of benzene rings is 2. The van der Waals surface area contributed by atoms with Crippen molar-refractivity contribution < 1.29 is 27.5 Å². The maximum atomic E-state index is 13.7. The molecule has 33 heavy (non-hydrogen) atoms. The summed E-state index contributed by atoms with van der Waals surface area (Å²) in [4.78, 5) is 24.0. The van der Waals surface area contributed by atoms with E-state index in [0.29, 0.717) is 29.4 Å². The van der Waals surface area contributed by atoms with Gasteiger partial charge in [0.25, 0.3) is 0 Å². The van der Waals surface area contributed by atoms with Crippen molar-refractivity contribution in [3.8, 4) is 22.7 Å². The van der Waals surface area contributed by atoms with Crippen LogP contribution in [0, 0.1) is 18.7 Å². The minimum atomic E-state index is -3.36. The molecule has 1 aliphatic heterocycles. The highest BCUT2D eigenvalue weighted by Gasteiger charge is 2.29. The second-order valence-corrected chi connectivity index (χ2v) is 7.89. The molecular weight excluding hydrogens is 437 g/mol. The van der Waals surface area contributed by atoms with Gasteiger partial charge in [0.05, 0.1) is 17.3 Å². The van der Waals surface area contributed by atoms with Crippen molar-refractivity contribution in [1.82, 2.24) is 15.1 Å². The summed E-state index contributed by atoms with van der Waals surface area (Å²) in [7, 11) is 0. The van der Waals surface area contributed by atoms with E-state index >= 15 is 0 Å². The minimum Gasteiger partial charge on any atom is -0.433 e. The van der Waals surface area contributed by atoms with Gasteiger partial charge in [-0.1, -0.05) is 12.1 Å². The molecular formula is C23H21F3N4O3. The van der Waals surface area contributed by atoms with Gasteiger partial charge < -0.3 is 15.4 Å². The molecule has 2 amide bonds. The number of hydrogen-bond donors (Lipinski definition) is 2. The lowest BCUT2D eigenvalue weighted by molar-refractivity contribution is -0.158. The first-order valence-corrected chi connectivity index (χ1v) is 10.2. The maximum absolute atomic E-state index is 13.7. The Labute approximate surface area is 187 Å². The summed E-state index contributed by atoms with van der Waals surface area (Å²) in [6.45, 7) is 2.58. The number of ether oxygens (including phenoxy) is 1. The van der Waals surface area contributed by atoms with E-state index in [-0.39, 0.29) is 36.3 Å². The summed E-state index contributed by atoms with van der Waals surface area (Å²) in [6.07, 6.45) is -3.28. The lowest BCUT2D eigenvalue weighted by Crippen LogP contribution is -2.24. The number of carbonyl (C=O) groups excluding carboxylic acids is 2. The molecule has 10 heteroatoms. The summed E-state index contributed by atoms with van der Waals surface area (Å²) in [5.74, 6) is -1.37. The number of halogens is 3. The first kappa shape index (κ1) is 22.4. The fraction of sp³-hybridized carbons (Fsp3) is 0.261. The maximum Gasteiger partial charge on any atom is 0.394 e. The summed E-state index contributed by atoms with van der Waals surface area (Å²) < 4.78 is 46.5. The number of rotatable bonds is 6. The van der Waals surface area contributed by atoms with Crippen molar-refractivity contribution in [3.05, 3.63) is 59.9 Å². The average Bonchev–Trinajstić information content (AvgIpc) is 3.33. The zero-order chi connectivity index (χ0) is 23.8. The third-order valence-electron chi connectivity index (χ3n) is 5.12. The van der Waals surface area contributed by atoms with Crippen LogP contribution in [0.2, 0.25) is 0 Å². The third-order valence-corrected chi connectivity index (χ3v) is 5.12. The predicted molar refractivity (Wildman–Crippen MR) is 115 cm³/mol. The number of anilines is 1. The van der Waals surface area contributed by atoms with Crippen molar-refractivity contribution in [3.63, 3.8) is 0 Å². The first-order valence-electron chi connectivity index (χ1n) is 10.2. The van der Waals surface area contributed by atoms with E-state index in [1.165, 1.54) is 35.0 Å². The van der Waals surface area contributed by atoms with Crippen molar-refractivity contribution in [2.24, 2.45) is 5.92 Å². The second kappa shape index (κ2) is 8.61. The number of aromatic nitrogens is 2. The lowest BCUT2D eigenvalue weighted by Gasteiger charge is -2.14. The number of alkyl halides is 2. The average molecular weight is 458 g/mol. The molecule has 0 radical (unpaired) electrons. The van der Waals surface area contributed by atoms with Gasteiger partial charge in [0.15, 0.2) is 5.82 Å². The predicted octanol–water partition coefficient (Wildman–Crippen LogP) is 4.05. The summed E-state index contributed by atoms with van der Waals surface area (Å²) in [5, 5.41) is 9.76. The SMILES string of the molecule is Cc1cc(F)ccc1-n1nc(NC(=O)[C@H]2CNC(=O)C2)cc1-c1cccc(OC(C)(F)F)c1. The Morgan fingerprint density at radius 3 is 2.70 bits per heavy atom. The van der Waals surface area contributed by atoms with Gasteiger partial charge in [-0.15, -0.1) is 5.10 Å². The Kier molecular flexibility index (Phi) is 5.84. The normalized spacial score (nSPS) is 15.9. The molecule has 1 aromatic heterocycles. The van der Waals surface area contributed by atoms with E-state index in [1.54, 1.807) is 25.1 Å². The Morgan fingerprint density at radius 2 is 2.03 bits per heavy atom. The molecule has 0 aliphatic carbocycles. The molecule has 0 saturated carbocycles. The van der Waals surface area contributed by atoms with Crippen LogP contribution in [0.25, 0.3) is 16.9 Å². The van der Waals surface area contributed by atoms with Crippen molar-refractivity contribution in [1.29, 1.82) is 0 Å². The van der Waals surface area contributed by atoms with E-state index in [9.17, 15) is 22.8 Å². The highest BCUT2D eigenvalue weighted by Crippen LogP contribution is 2.31. The molecule has 0 spiro atoms. The van der Waals surface area contributed by atoms with Gasteiger partial charge in [0, 0.05) is 31.5 Å². The molecule has 1 aliphatic rings. The van der Waals surface area contributed by atoms with Crippen LogP contribution in [0.15, 0.2) is 48.5 Å². The van der Waals surface area contributed by atoms with Crippen LogP contribution in [0.1, 0.15) is 18.9 Å². The van der Waals surface area contributed by atoms with E-state index < -0.39 is 17.8 Å². The fourth-order valence-corrected chi connectivity index (χ4v) is 3.63. The van der Waals surface area contributed by atoms with Crippen molar-refractivity contribution in [2.75, 3.05) is 11.9 Å². The summed E-state index contributed by atoms with van der Waals surface area (Å²) in [6, 6.07) is 11.8. The molecule has 1 atom stereocenters. The standard InChI is InChI=1S/C23H21F3N4O3/c1-13-8-16(24)6-7-18(13)30-19(14-4-3-5-17(9-14)33-23(2,25)26)11-20(29-30)28-22(32)15-10-21(31)27-12-15/h3-9,11,15H,10,12H2,1-2H3,(H,27,31)(H,28,29,32)/t15-/m1/s1. The van der Waals surface area contributed by atoms with Crippen LogP contribution < -0.4 is 15.4 Å². The molecule has 2 aromatic carbocycles. The third kappa shape index (κ3) is 5.16. The van der Waals surface area contributed by atoms with Gasteiger partial charge in [0.1, 0.15) is 11.6 Å². The lowest BCUT2D eigenvalue weighted by atomic mass is 10.1. The molecule has 172 valence electrons. The molecule has 1 fully saturated rings. The Balaban J connectivity index is 1.74. The van der Waals surface area contributed by atoms with Gasteiger partial charge in [-0.3, -0.25) is 9.59 Å². The van der Waals surface area contributed by atoms with Gasteiger partial charge in [-0.25, -0.2) is 9.07 Å². The fourth-order valence-electron chi connectivity index (χ4n) is 3.63. The molecule has 4 rings (SSSR count). The summed E-state index contributed by atoms with van der Waals surface area (Å²) >= 11 is 0.